The van der Waals surface area contributed by atoms with Gasteiger partial charge in [-0.05, 0) is 44.2 Å². The third kappa shape index (κ3) is 3.74. The van der Waals surface area contributed by atoms with E-state index in [1.807, 2.05) is 32.2 Å². The van der Waals surface area contributed by atoms with Crippen LogP contribution in [0, 0.1) is 6.92 Å². The zero-order valence-corrected chi connectivity index (χ0v) is 16.8. The van der Waals surface area contributed by atoms with Gasteiger partial charge in [-0.3, -0.25) is 5.01 Å². The number of methoxy groups -OCH3 is 1. The second kappa shape index (κ2) is 7.65. The maximum atomic E-state index is 5.60. The van der Waals surface area contributed by atoms with Crippen molar-refractivity contribution in [1.29, 1.82) is 0 Å². The number of nitrogens with one attached hydrogen (secondary N) is 3. The Balaban J connectivity index is 1.60. The lowest BCUT2D eigenvalue weighted by atomic mass is 10.0. The van der Waals surface area contributed by atoms with E-state index >= 15 is 0 Å². The number of rotatable bonds is 5. The highest BCUT2D eigenvalue weighted by molar-refractivity contribution is 5.70. The van der Waals surface area contributed by atoms with Crippen molar-refractivity contribution < 1.29 is 4.74 Å². The minimum atomic E-state index is 0.346. The van der Waals surface area contributed by atoms with Crippen LogP contribution in [0.3, 0.4) is 0 Å². The van der Waals surface area contributed by atoms with Gasteiger partial charge in [-0.15, -0.1) is 0 Å². The molecule has 3 N–H and O–H groups in total. The summed E-state index contributed by atoms with van der Waals surface area (Å²) in [4.78, 5) is 11.3. The predicted octanol–water partition coefficient (Wildman–Crippen LogP) is 2.49. The molecule has 0 saturated carbocycles. The minimum absolute atomic E-state index is 0.346. The normalized spacial score (nSPS) is 19.2. The molecule has 1 saturated heterocycles. The molecule has 2 aromatic rings. The third-order valence-electron chi connectivity index (χ3n) is 5.12. The maximum absolute atomic E-state index is 5.60. The summed E-state index contributed by atoms with van der Waals surface area (Å²) in [7, 11) is 5.70. The number of hydrogen-bond acceptors (Lipinski definition) is 8. The van der Waals surface area contributed by atoms with E-state index in [-0.39, 0.29) is 0 Å². The van der Waals surface area contributed by atoms with Gasteiger partial charge in [0.05, 0.1) is 13.2 Å². The van der Waals surface area contributed by atoms with Gasteiger partial charge in [0.15, 0.2) is 0 Å². The molecule has 3 heterocycles. The standard InChI is InChI=1S/C20H27N7O/c1-13-9-19(21-2)24-20(22-13)23-15-5-6-18(28-4)17(10-15)27-11-14-7-8-26(3)12-16(14)25-27/h5-6,9-11,16,25H,7-8,12H2,1-4H3,(H2,21,22,23,24). The number of piperidine rings is 1. The van der Waals surface area contributed by atoms with Gasteiger partial charge in [-0.2, -0.15) is 4.98 Å². The van der Waals surface area contributed by atoms with E-state index in [1.54, 1.807) is 7.11 Å². The van der Waals surface area contributed by atoms with Gasteiger partial charge in [0.25, 0.3) is 0 Å². The van der Waals surface area contributed by atoms with E-state index in [1.165, 1.54) is 5.57 Å². The Hall–Kier alpha value is -2.84. The zero-order chi connectivity index (χ0) is 19.7. The van der Waals surface area contributed by atoms with Crippen molar-refractivity contribution >= 4 is 23.1 Å². The highest BCUT2D eigenvalue weighted by atomic mass is 16.5. The van der Waals surface area contributed by atoms with Gasteiger partial charge in [-0.1, -0.05) is 0 Å². The third-order valence-corrected chi connectivity index (χ3v) is 5.12. The fourth-order valence-corrected chi connectivity index (χ4v) is 3.64. The molecular formula is C20H27N7O. The summed E-state index contributed by atoms with van der Waals surface area (Å²) in [5.41, 5.74) is 7.77. The SMILES string of the molecule is CNc1cc(C)nc(Nc2ccc(OC)c(N3C=C4CCN(C)CC4N3)c2)n1. The van der Waals surface area contributed by atoms with E-state index < -0.39 is 0 Å². The molecule has 0 radical (unpaired) electrons. The highest BCUT2D eigenvalue weighted by Crippen LogP contribution is 2.35. The van der Waals surface area contributed by atoms with Crippen molar-refractivity contribution in [3.05, 3.63) is 41.7 Å². The first-order valence-electron chi connectivity index (χ1n) is 9.49. The van der Waals surface area contributed by atoms with Crippen molar-refractivity contribution in [1.82, 2.24) is 20.3 Å². The summed E-state index contributed by atoms with van der Waals surface area (Å²) in [5.74, 6) is 2.15. The predicted molar refractivity (Wildman–Crippen MR) is 112 cm³/mol. The summed E-state index contributed by atoms with van der Waals surface area (Å²) in [6.45, 7) is 4.05. The Labute approximate surface area is 165 Å². The van der Waals surface area contributed by atoms with Crippen LogP contribution in [0.4, 0.5) is 23.1 Å². The molecule has 0 aliphatic carbocycles. The Bertz CT molecular complexity index is 898. The Morgan fingerprint density at radius 1 is 1.25 bits per heavy atom. The molecule has 4 rings (SSSR count). The van der Waals surface area contributed by atoms with Crippen LogP contribution in [0.2, 0.25) is 0 Å². The number of ether oxygens (including phenoxy) is 1. The first-order valence-corrected chi connectivity index (χ1v) is 9.49. The second-order valence-electron chi connectivity index (χ2n) is 7.25. The largest absolute Gasteiger partial charge is 0.495 e. The number of fused-ring (bicyclic) bond motifs is 1. The number of hydrogen-bond donors (Lipinski definition) is 3. The van der Waals surface area contributed by atoms with Crippen LogP contribution in [0.15, 0.2) is 36.0 Å². The molecule has 2 aliphatic heterocycles. The van der Waals surface area contributed by atoms with Gasteiger partial charge >= 0.3 is 0 Å². The molecule has 1 atom stereocenters. The lowest BCUT2D eigenvalue weighted by Gasteiger charge is -2.29. The average molecular weight is 381 g/mol. The molecule has 1 aromatic carbocycles. The monoisotopic (exact) mass is 381 g/mol. The summed E-state index contributed by atoms with van der Waals surface area (Å²) < 4.78 is 5.60. The first-order chi connectivity index (χ1) is 13.6. The quantitative estimate of drug-likeness (QED) is 0.729. The van der Waals surface area contributed by atoms with Gasteiger partial charge in [0.2, 0.25) is 5.95 Å². The second-order valence-corrected chi connectivity index (χ2v) is 7.25. The molecule has 28 heavy (non-hydrogen) atoms. The molecule has 1 aromatic heterocycles. The summed E-state index contributed by atoms with van der Waals surface area (Å²) in [6.07, 6.45) is 3.27. The molecule has 8 heteroatoms. The number of hydrazine groups is 1. The van der Waals surface area contributed by atoms with Crippen LogP contribution in [-0.4, -0.2) is 55.2 Å². The van der Waals surface area contributed by atoms with Crippen molar-refractivity contribution in [3.63, 3.8) is 0 Å². The first kappa shape index (κ1) is 18.5. The molecule has 0 spiro atoms. The fourth-order valence-electron chi connectivity index (χ4n) is 3.64. The maximum Gasteiger partial charge on any atom is 0.229 e. The van der Waals surface area contributed by atoms with Gasteiger partial charge in [-0.25, -0.2) is 10.4 Å². The molecule has 2 aliphatic rings. The van der Waals surface area contributed by atoms with Crippen molar-refractivity contribution in [2.24, 2.45) is 0 Å². The molecule has 1 fully saturated rings. The van der Waals surface area contributed by atoms with E-state index in [0.717, 1.165) is 48.1 Å². The summed E-state index contributed by atoms with van der Waals surface area (Å²) >= 11 is 0. The topological polar surface area (TPSA) is 77.6 Å². The van der Waals surface area contributed by atoms with Gasteiger partial charge in [0, 0.05) is 43.8 Å². The molecule has 148 valence electrons. The number of anilines is 4. The van der Waals surface area contributed by atoms with Crippen LogP contribution in [0.1, 0.15) is 12.1 Å². The Morgan fingerprint density at radius 2 is 2.11 bits per heavy atom. The lowest BCUT2D eigenvalue weighted by Crippen LogP contribution is -2.46. The summed E-state index contributed by atoms with van der Waals surface area (Å²) in [5, 5.41) is 8.43. The van der Waals surface area contributed by atoms with Gasteiger partial charge < -0.3 is 20.3 Å². The minimum Gasteiger partial charge on any atom is -0.495 e. The number of likely N-dealkylation sites (tertiary alicyclic amines) is 1. The lowest BCUT2D eigenvalue weighted by molar-refractivity contribution is 0.279. The molecule has 0 bridgehead atoms. The number of nitrogens with zero attached hydrogens (tertiary/aromatic N) is 4. The van der Waals surface area contributed by atoms with Crippen LogP contribution in [-0.2, 0) is 0 Å². The van der Waals surface area contributed by atoms with Crippen LogP contribution < -0.4 is 25.8 Å². The molecular weight excluding hydrogens is 354 g/mol. The van der Waals surface area contributed by atoms with Crippen LogP contribution in [0.25, 0.3) is 0 Å². The van der Waals surface area contributed by atoms with E-state index in [0.29, 0.717) is 12.0 Å². The summed E-state index contributed by atoms with van der Waals surface area (Å²) in [6, 6.07) is 8.23. The van der Waals surface area contributed by atoms with Gasteiger partial charge in [0.1, 0.15) is 17.3 Å². The van der Waals surface area contributed by atoms with Crippen LogP contribution in [0.5, 0.6) is 5.75 Å². The number of likely N-dealkylation sites (N-methyl/N-ethyl adjacent to an activating group) is 1. The van der Waals surface area contributed by atoms with Crippen molar-refractivity contribution in [3.8, 4) is 5.75 Å². The zero-order valence-electron chi connectivity index (χ0n) is 16.8. The van der Waals surface area contributed by atoms with Crippen LogP contribution >= 0.6 is 0 Å². The molecule has 8 nitrogen and oxygen atoms in total. The number of aryl methyl sites for hydroxylation is 1. The molecule has 1 unspecified atom stereocenters. The van der Waals surface area contributed by atoms with E-state index in [2.05, 4.69) is 55.3 Å². The van der Waals surface area contributed by atoms with E-state index in [9.17, 15) is 0 Å². The molecule has 0 amide bonds. The van der Waals surface area contributed by atoms with E-state index in [4.69, 9.17) is 4.74 Å². The Kier molecular flexibility index (Phi) is 5.06. The average Bonchev–Trinajstić information content (AvgIpc) is 3.10. The highest BCUT2D eigenvalue weighted by Gasteiger charge is 2.30. The smallest absolute Gasteiger partial charge is 0.229 e. The Morgan fingerprint density at radius 3 is 2.89 bits per heavy atom. The van der Waals surface area contributed by atoms with Crippen molar-refractivity contribution in [2.45, 2.75) is 19.4 Å². The number of aromatic nitrogens is 2. The fraction of sp³-hybridized carbons (Fsp3) is 0.400. The van der Waals surface area contributed by atoms with Crippen molar-refractivity contribution in [2.75, 3.05) is 49.9 Å². The number of benzene rings is 1.